The molecule has 1 aliphatic rings. The summed E-state index contributed by atoms with van der Waals surface area (Å²) in [5, 5.41) is 10.7. The van der Waals surface area contributed by atoms with Crippen LogP contribution in [-0.4, -0.2) is 11.5 Å². The van der Waals surface area contributed by atoms with Gasteiger partial charge in [0, 0.05) is 36.1 Å². The molecular weight excluding hydrogens is 321 g/mol. The molecule has 0 fully saturated rings. The van der Waals surface area contributed by atoms with Crippen LogP contribution in [0.25, 0.3) is 0 Å². The lowest BCUT2D eigenvalue weighted by atomic mass is 9.99. The van der Waals surface area contributed by atoms with E-state index in [0.29, 0.717) is 12.1 Å². The van der Waals surface area contributed by atoms with Crippen LogP contribution in [-0.2, 0) is 13.0 Å². The van der Waals surface area contributed by atoms with Crippen molar-refractivity contribution >= 4 is 29.5 Å². The zero-order valence-electron chi connectivity index (χ0n) is 12.4. The minimum atomic E-state index is -0.593. The van der Waals surface area contributed by atoms with Crippen LogP contribution in [0.2, 0.25) is 0 Å². The third kappa shape index (κ3) is 3.37. The molecule has 0 spiro atoms. The van der Waals surface area contributed by atoms with Gasteiger partial charge in [0.2, 0.25) is 0 Å². The standard InChI is InChI=1S/C16H16FN3O2.ClH/c17-14-9-12(20(21)22)7-6-11(14)10-19-8-2-3-13-15(18)4-1-5-16(13)19;/h1,4-7,9H,2-3,8,10,18H2;1H. The maximum Gasteiger partial charge on any atom is 0.272 e. The van der Waals surface area contributed by atoms with Gasteiger partial charge in [-0.1, -0.05) is 6.07 Å². The van der Waals surface area contributed by atoms with Crippen molar-refractivity contribution < 1.29 is 9.31 Å². The van der Waals surface area contributed by atoms with Gasteiger partial charge in [0.15, 0.2) is 0 Å². The van der Waals surface area contributed by atoms with E-state index in [2.05, 4.69) is 4.90 Å². The van der Waals surface area contributed by atoms with E-state index in [1.165, 1.54) is 12.1 Å². The zero-order valence-corrected chi connectivity index (χ0v) is 13.2. The normalized spacial score (nSPS) is 13.2. The molecule has 5 nitrogen and oxygen atoms in total. The number of anilines is 2. The summed E-state index contributed by atoms with van der Waals surface area (Å²) < 4.78 is 14.1. The van der Waals surface area contributed by atoms with E-state index >= 15 is 0 Å². The zero-order chi connectivity index (χ0) is 15.7. The predicted octanol–water partition coefficient (Wildman–Crippen LogP) is 3.69. The average Bonchev–Trinajstić information content (AvgIpc) is 2.50. The molecule has 0 unspecified atom stereocenters. The van der Waals surface area contributed by atoms with Crippen LogP contribution in [0, 0.1) is 15.9 Å². The van der Waals surface area contributed by atoms with Crippen LogP contribution < -0.4 is 10.6 Å². The number of nitro groups is 1. The lowest BCUT2D eigenvalue weighted by Gasteiger charge is -2.32. The Hall–Kier alpha value is -2.34. The SMILES string of the molecule is Cl.Nc1cccc2c1CCCN2Cc1ccc([N+](=O)[O-])cc1F. The van der Waals surface area contributed by atoms with Gasteiger partial charge in [-0.25, -0.2) is 4.39 Å². The molecule has 0 amide bonds. The van der Waals surface area contributed by atoms with Gasteiger partial charge in [-0.2, -0.15) is 0 Å². The number of nitrogen functional groups attached to an aromatic ring is 1. The van der Waals surface area contributed by atoms with Crippen LogP contribution >= 0.6 is 12.4 Å². The van der Waals surface area contributed by atoms with Crippen molar-refractivity contribution in [2.75, 3.05) is 17.2 Å². The number of nitrogens with two attached hydrogens (primary N) is 1. The van der Waals surface area contributed by atoms with Crippen LogP contribution in [0.5, 0.6) is 0 Å². The van der Waals surface area contributed by atoms with E-state index in [1.807, 2.05) is 18.2 Å². The minimum absolute atomic E-state index is 0. The molecule has 0 aromatic heterocycles. The monoisotopic (exact) mass is 337 g/mol. The summed E-state index contributed by atoms with van der Waals surface area (Å²) in [5.74, 6) is -0.551. The smallest absolute Gasteiger partial charge is 0.272 e. The van der Waals surface area contributed by atoms with Crippen molar-refractivity contribution in [3.05, 3.63) is 63.5 Å². The number of halogens is 2. The molecular formula is C16H17ClFN3O2. The first-order valence-electron chi connectivity index (χ1n) is 7.11. The second-order valence-electron chi connectivity index (χ2n) is 5.40. The van der Waals surface area contributed by atoms with Gasteiger partial charge in [0.1, 0.15) is 5.82 Å². The molecule has 0 radical (unpaired) electrons. The highest BCUT2D eigenvalue weighted by atomic mass is 35.5. The largest absolute Gasteiger partial charge is 0.398 e. The number of non-ortho nitro benzene ring substituents is 1. The maximum absolute atomic E-state index is 14.1. The summed E-state index contributed by atoms with van der Waals surface area (Å²) in [6.45, 7) is 1.19. The number of rotatable bonds is 3. The Morgan fingerprint density at radius 1 is 1.30 bits per heavy atom. The van der Waals surface area contributed by atoms with E-state index in [1.54, 1.807) is 0 Å². The molecule has 1 heterocycles. The molecule has 2 aromatic carbocycles. The lowest BCUT2D eigenvalue weighted by Crippen LogP contribution is -2.29. The molecule has 2 aromatic rings. The van der Waals surface area contributed by atoms with Crippen molar-refractivity contribution in [1.82, 2.24) is 0 Å². The molecule has 0 bridgehead atoms. The van der Waals surface area contributed by atoms with Gasteiger partial charge in [-0.05, 0) is 36.6 Å². The Labute approximate surface area is 139 Å². The van der Waals surface area contributed by atoms with Crippen molar-refractivity contribution in [2.45, 2.75) is 19.4 Å². The highest BCUT2D eigenvalue weighted by Gasteiger charge is 2.20. The summed E-state index contributed by atoms with van der Waals surface area (Å²) in [6, 6.07) is 9.53. The second kappa shape index (κ2) is 6.83. The fraction of sp³-hybridized carbons (Fsp3) is 0.250. The summed E-state index contributed by atoms with van der Waals surface area (Å²) in [7, 11) is 0. The quantitative estimate of drug-likeness (QED) is 0.526. The summed E-state index contributed by atoms with van der Waals surface area (Å²) in [6.07, 6.45) is 1.87. The van der Waals surface area contributed by atoms with E-state index in [9.17, 15) is 14.5 Å². The topological polar surface area (TPSA) is 72.4 Å². The van der Waals surface area contributed by atoms with Gasteiger partial charge in [-0.15, -0.1) is 12.4 Å². The van der Waals surface area contributed by atoms with Crippen LogP contribution in [0.4, 0.5) is 21.5 Å². The third-order valence-corrected chi connectivity index (χ3v) is 3.99. The fourth-order valence-corrected chi connectivity index (χ4v) is 2.88. The van der Waals surface area contributed by atoms with E-state index < -0.39 is 10.7 Å². The summed E-state index contributed by atoms with van der Waals surface area (Å²) in [5.41, 5.74) is 9.08. The van der Waals surface area contributed by atoms with Crippen molar-refractivity contribution in [1.29, 1.82) is 0 Å². The fourth-order valence-electron chi connectivity index (χ4n) is 2.88. The van der Waals surface area contributed by atoms with Crippen molar-refractivity contribution in [2.24, 2.45) is 0 Å². The lowest BCUT2D eigenvalue weighted by molar-refractivity contribution is -0.385. The number of fused-ring (bicyclic) bond motifs is 1. The minimum Gasteiger partial charge on any atom is -0.398 e. The molecule has 23 heavy (non-hydrogen) atoms. The first-order valence-corrected chi connectivity index (χ1v) is 7.11. The highest BCUT2D eigenvalue weighted by Crippen LogP contribution is 2.32. The Kier molecular flexibility index (Phi) is 5.05. The molecule has 122 valence electrons. The molecule has 0 saturated carbocycles. The molecule has 0 aliphatic carbocycles. The Bertz CT molecular complexity index is 739. The predicted molar refractivity (Wildman–Crippen MR) is 90.5 cm³/mol. The Balaban J connectivity index is 0.00000192. The number of nitro benzene ring substituents is 1. The van der Waals surface area contributed by atoms with E-state index in [0.717, 1.165) is 42.4 Å². The second-order valence-corrected chi connectivity index (χ2v) is 5.40. The number of nitrogens with zero attached hydrogens (tertiary/aromatic N) is 2. The van der Waals surface area contributed by atoms with Gasteiger partial charge in [0.05, 0.1) is 11.0 Å². The number of benzene rings is 2. The van der Waals surface area contributed by atoms with Gasteiger partial charge >= 0.3 is 0 Å². The Morgan fingerprint density at radius 2 is 2.09 bits per heavy atom. The number of hydrogen-bond acceptors (Lipinski definition) is 4. The molecule has 3 rings (SSSR count). The average molecular weight is 338 g/mol. The molecule has 7 heteroatoms. The van der Waals surface area contributed by atoms with Crippen LogP contribution in [0.1, 0.15) is 17.5 Å². The molecule has 2 N–H and O–H groups in total. The maximum atomic E-state index is 14.1. The van der Waals surface area contributed by atoms with E-state index in [-0.39, 0.29) is 18.1 Å². The summed E-state index contributed by atoms with van der Waals surface area (Å²) >= 11 is 0. The first-order chi connectivity index (χ1) is 10.6. The molecule has 0 saturated heterocycles. The van der Waals surface area contributed by atoms with Gasteiger partial charge < -0.3 is 10.6 Å². The van der Waals surface area contributed by atoms with Crippen molar-refractivity contribution in [3.63, 3.8) is 0 Å². The van der Waals surface area contributed by atoms with Crippen molar-refractivity contribution in [3.8, 4) is 0 Å². The summed E-state index contributed by atoms with van der Waals surface area (Å²) in [4.78, 5) is 12.1. The Morgan fingerprint density at radius 3 is 2.78 bits per heavy atom. The van der Waals surface area contributed by atoms with Gasteiger partial charge in [-0.3, -0.25) is 10.1 Å². The van der Waals surface area contributed by atoms with Gasteiger partial charge in [0.25, 0.3) is 5.69 Å². The van der Waals surface area contributed by atoms with Crippen LogP contribution in [0.15, 0.2) is 36.4 Å². The van der Waals surface area contributed by atoms with E-state index in [4.69, 9.17) is 5.73 Å². The molecule has 1 aliphatic heterocycles. The molecule has 0 atom stereocenters. The number of hydrogen-bond donors (Lipinski definition) is 1. The van der Waals surface area contributed by atoms with Crippen LogP contribution in [0.3, 0.4) is 0 Å². The third-order valence-electron chi connectivity index (χ3n) is 3.99. The first kappa shape index (κ1) is 17.0. The highest BCUT2D eigenvalue weighted by molar-refractivity contribution is 5.85.